The summed E-state index contributed by atoms with van der Waals surface area (Å²) in [6.45, 7) is 0. The summed E-state index contributed by atoms with van der Waals surface area (Å²) in [4.78, 5) is 0. The molecule has 0 fully saturated rings. The van der Waals surface area contributed by atoms with E-state index in [4.69, 9.17) is 58.0 Å². The average Bonchev–Trinajstić information content (AvgIpc) is 2.50. The van der Waals surface area contributed by atoms with Crippen LogP contribution in [0.25, 0.3) is 11.1 Å². The molecule has 0 atom stereocenters. The number of alkyl halides is 4. The molecule has 23 heavy (non-hydrogen) atoms. The molecule has 0 saturated carbocycles. The zero-order valence-electron chi connectivity index (χ0n) is 10.8. The van der Waals surface area contributed by atoms with Crippen molar-refractivity contribution in [2.75, 3.05) is 0 Å². The summed E-state index contributed by atoms with van der Waals surface area (Å²) in [7, 11) is 0. The van der Waals surface area contributed by atoms with Crippen molar-refractivity contribution in [3.8, 4) is 11.1 Å². The largest absolute Gasteiger partial charge is 0.417 e. The van der Waals surface area contributed by atoms with Gasteiger partial charge in [0.1, 0.15) is 0 Å². The SMILES string of the molecule is FC(F)(F)c1cc(CBr)ccc1-c1c(Cl)c(Cl)c(Cl)c(Cl)c1Cl. The lowest BCUT2D eigenvalue weighted by Gasteiger charge is -2.18. The summed E-state index contributed by atoms with van der Waals surface area (Å²) in [5.74, 6) is 0. The van der Waals surface area contributed by atoms with Crippen molar-refractivity contribution in [2.45, 2.75) is 11.5 Å². The lowest BCUT2D eigenvalue weighted by Crippen LogP contribution is -2.08. The van der Waals surface area contributed by atoms with Crippen LogP contribution in [0.4, 0.5) is 13.2 Å². The third-order valence-electron chi connectivity index (χ3n) is 3.02. The van der Waals surface area contributed by atoms with Gasteiger partial charge in [0.05, 0.1) is 30.7 Å². The molecule has 2 rings (SSSR count). The zero-order valence-corrected chi connectivity index (χ0v) is 16.2. The third-order valence-corrected chi connectivity index (χ3v) is 5.95. The number of rotatable bonds is 2. The molecule has 0 aromatic heterocycles. The van der Waals surface area contributed by atoms with E-state index in [9.17, 15) is 13.2 Å². The van der Waals surface area contributed by atoms with Gasteiger partial charge in [-0.15, -0.1) is 0 Å². The monoisotopic (exact) mass is 484 g/mol. The minimum absolute atomic E-state index is 0.110. The second kappa shape index (κ2) is 7.19. The first-order valence-electron chi connectivity index (χ1n) is 5.87. The van der Waals surface area contributed by atoms with E-state index in [0.717, 1.165) is 6.07 Å². The summed E-state index contributed by atoms with van der Waals surface area (Å²) < 4.78 is 40.2. The van der Waals surface area contributed by atoms with Gasteiger partial charge in [-0.1, -0.05) is 86.1 Å². The third kappa shape index (κ3) is 3.73. The smallest absolute Gasteiger partial charge is 0.166 e. The molecule has 0 spiro atoms. The minimum atomic E-state index is -4.61. The van der Waals surface area contributed by atoms with Crippen molar-refractivity contribution in [1.29, 1.82) is 0 Å². The van der Waals surface area contributed by atoms with Crippen LogP contribution in [0.1, 0.15) is 11.1 Å². The molecule has 9 heteroatoms. The molecule has 2 aromatic carbocycles. The highest BCUT2D eigenvalue weighted by Crippen LogP contribution is 2.50. The molecule has 0 amide bonds. The van der Waals surface area contributed by atoms with Crippen molar-refractivity contribution >= 4 is 73.9 Å². The quantitative estimate of drug-likeness (QED) is 0.226. The Kier molecular flexibility index (Phi) is 6.09. The van der Waals surface area contributed by atoms with Gasteiger partial charge in [-0.3, -0.25) is 0 Å². The fraction of sp³-hybridized carbons (Fsp3) is 0.143. The van der Waals surface area contributed by atoms with Crippen molar-refractivity contribution in [2.24, 2.45) is 0 Å². The van der Waals surface area contributed by atoms with E-state index in [2.05, 4.69) is 15.9 Å². The van der Waals surface area contributed by atoms with Crippen molar-refractivity contribution in [1.82, 2.24) is 0 Å². The van der Waals surface area contributed by atoms with Gasteiger partial charge in [0.15, 0.2) is 0 Å². The van der Waals surface area contributed by atoms with Crippen LogP contribution in [-0.2, 0) is 11.5 Å². The second-order valence-corrected chi connectivity index (χ2v) is 6.91. The first-order chi connectivity index (χ1) is 10.6. The van der Waals surface area contributed by atoms with Gasteiger partial charge in [-0.05, 0) is 17.2 Å². The van der Waals surface area contributed by atoms with E-state index in [0.29, 0.717) is 5.56 Å². The van der Waals surface area contributed by atoms with Crippen molar-refractivity contribution in [3.05, 3.63) is 54.4 Å². The summed E-state index contributed by atoms with van der Waals surface area (Å²) in [6, 6.07) is 3.79. The highest BCUT2D eigenvalue weighted by molar-refractivity contribution is 9.08. The predicted octanol–water partition coefficient (Wildman–Crippen LogP) is 8.53. The van der Waals surface area contributed by atoms with E-state index >= 15 is 0 Å². The van der Waals surface area contributed by atoms with Crippen molar-refractivity contribution < 1.29 is 13.2 Å². The lowest BCUT2D eigenvalue weighted by molar-refractivity contribution is -0.137. The Morgan fingerprint density at radius 3 is 1.74 bits per heavy atom. The lowest BCUT2D eigenvalue weighted by atomic mass is 9.97. The van der Waals surface area contributed by atoms with Gasteiger partial charge in [-0.25, -0.2) is 0 Å². The Morgan fingerprint density at radius 1 is 0.826 bits per heavy atom. The summed E-state index contributed by atoms with van der Waals surface area (Å²) in [5, 5.41) is -0.546. The average molecular weight is 487 g/mol. The van der Waals surface area contributed by atoms with Gasteiger partial charge in [0, 0.05) is 10.9 Å². The molecule has 0 nitrogen and oxygen atoms in total. The molecule has 0 heterocycles. The van der Waals surface area contributed by atoms with Crippen LogP contribution in [0.2, 0.25) is 25.1 Å². The molecule has 0 aliphatic heterocycles. The second-order valence-electron chi connectivity index (χ2n) is 4.46. The maximum Gasteiger partial charge on any atom is 0.417 e. The van der Waals surface area contributed by atoms with E-state index < -0.39 is 11.7 Å². The highest BCUT2D eigenvalue weighted by Gasteiger charge is 2.35. The number of halogens is 9. The molecule has 124 valence electrons. The Balaban J connectivity index is 2.88. The predicted molar refractivity (Wildman–Crippen MR) is 94.6 cm³/mol. The van der Waals surface area contributed by atoms with Gasteiger partial charge >= 0.3 is 6.18 Å². The van der Waals surface area contributed by atoms with E-state index in [1.807, 2.05) is 0 Å². The fourth-order valence-electron chi connectivity index (χ4n) is 1.97. The molecule has 2 aromatic rings. The summed E-state index contributed by atoms with van der Waals surface area (Å²) in [5.41, 5.74) is -0.786. The van der Waals surface area contributed by atoms with Crippen molar-refractivity contribution in [3.63, 3.8) is 0 Å². The first-order valence-corrected chi connectivity index (χ1v) is 8.88. The standard InChI is InChI=1S/C14H5BrCl5F3/c15-4-5-1-2-6(7(3-5)14(21,22)23)8-9(16)11(18)13(20)12(19)10(8)17/h1-3H,4H2. The Morgan fingerprint density at radius 2 is 1.30 bits per heavy atom. The number of hydrogen-bond donors (Lipinski definition) is 0. The van der Waals surface area contributed by atoms with Crippen LogP contribution in [-0.4, -0.2) is 0 Å². The summed E-state index contributed by atoms with van der Waals surface area (Å²) in [6.07, 6.45) is -4.61. The van der Waals surface area contributed by atoms with Crippen LogP contribution in [0.15, 0.2) is 18.2 Å². The topological polar surface area (TPSA) is 0 Å². The van der Waals surface area contributed by atoms with Gasteiger partial charge < -0.3 is 0 Å². The Hall–Kier alpha value is 0.160. The van der Waals surface area contributed by atoms with Crippen LogP contribution < -0.4 is 0 Å². The zero-order chi connectivity index (χ0) is 17.5. The molecule has 0 aliphatic carbocycles. The van der Waals surface area contributed by atoms with E-state index in [1.54, 1.807) is 0 Å². The molecular weight excluding hydrogens is 482 g/mol. The molecule has 0 N–H and O–H groups in total. The highest BCUT2D eigenvalue weighted by atomic mass is 79.9. The van der Waals surface area contributed by atoms with Crippen LogP contribution in [0.5, 0.6) is 0 Å². The van der Waals surface area contributed by atoms with Crippen LogP contribution in [0, 0.1) is 0 Å². The number of hydrogen-bond acceptors (Lipinski definition) is 0. The molecule has 0 bridgehead atoms. The fourth-order valence-corrected chi connectivity index (χ4v) is 3.66. The normalized spacial score (nSPS) is 11.9. The minimum Gasteiger partial charge on any atom is -0.166 e. The molecule has 0 radical (unpaired) electrons. The molecule has 0 aliphatic rings. The van der Waals surface area contributed by atoms with E-state index in [1.165, 1.54) is 12.1 Å². The molecule has 0 saturated heterocycles. The molecule has 0 unspecified atom stereocenters. The number of benzene rings is 2. The van der Waals surface area contributed by atoms with Crippen LogP contribution >= 0.6 is 73.9 Å². The Bertz CT molecular complexity index is 745. The van der Waals surface area contributed by atoms with Gasteiger partial charge in [-0.2, -0.15) is 13.2 Å². The van der Waals surface area contributed by atoms with Crippen LogP contribution in [0.3, 0.4) is 0 Å². The maximum absolute atomic E-state index is 13.4. The van der Waals surface area contributed by atoms with Gasteiger partial charge in [0.25, 0.3) is 0 Å². The van der Waals surface area contributed by atoms with E-state index in [-0.39, 0.29) is 41.6 Å². The maximum atomic E-state index is 13.4. The molecular formula is C14H5BrCl5F3. The summed E-state index contributed by atoms with van der Waals surface area (Å²) >= 11 is 33.0. The van der Waals surface area contributed by atoms with Gasteiger partial charge in [0.2, 0.25) is 0 Å². The first kappa shape index (κ1) is 19.5. The Labute approximate surface area is 163 Å².